The van der Waals surface area contributed by atoms with Crippen LogP contribution in [0.15, 0.2) is 0 Å². The molecule has 0 aliphatic heterocycles. The Labute approximate surface area is 63.2 Å². The van der Waals surface area contributed by atoms with Gasteiger partial charge in [0.05, 0.1) is 0 Å². The second-order valence-corrected chi connectivity index (χ2v) is 4.67. The molecule has 0 bridgehead atoms. The highest BCUT2D eigenvalue weighted by Crippen LogP contribution is 1.61. The average molecular weight is 207 g/mol. The molecule has 0 spiro atoms. The van der Waals surface area contributed by atoms with E-state index in [9.17, 15) is 0 Å². The Balaban J connectivity index is -0.0000000400. The smallest absolute Gasteiger partial charge is 0.0161 e. The van der Waals surface area contributed by atoms with E-state index in [1.807, 2.05) is 14.1 Å². The number of hydrogen-bond donors (Lipinski definition) is 1. The van der Waals surface area contributed by atoms with Gasteiger partial charge in [0.2, 0.25) is 0 Å². The average Bonchev–Trinajstić information content (AvgIpc) is 1.39. The Morgan fingerprint density at radius 2 is 1.57 bits per heavy atom. The first-order valence-electron chi connectivity index (χ1n) is 1.97. The third-order valence-electron chi connectivity index (χ3n) is 0. The van der Waals surface area contributed by atoms with E-state index in [-0.39, 0.29) is 12.4 Å². The summed E-state index contributed by atoms with van der Waals surface area (Å²) in [5, 5.41) is 2.75. The van der Waals surface area contributed by atoms with Crippen molar-refractivity contribution < 1.29 is 0 Å². The Bertz CT molecular complexity index is 16.9. The van der Waals surface area contributed by atoms with Crippen LogP contribution in [0.4, 0.5) is 0 Å². The van der Waals surface area contributed by atoms with E-state index in [0.29, 0.717) is 0 Å². The van der Waals surface area contributed by atoms with Gasteiger partial charge in [-0.2, -0.15) is 0 Å². The van der Waals surface area contributed by atoms with Gasteiger partial charge in [0.15, 0.2) is 0 Å². The number of rotatable bonds is 0. The first-order valence-corrected chi connectivity index (χ1v) is 4.51. The van der Waals surface area contributed by atoms with Crippen molar-refractivity contribution in [3.8, 4) is 0 Å². The van der Waals surface area contributed by atoms with E-state index < -0.39 is 0 Å². The molecule has 0 heterocycles. The number of halogens is 2. The second kappa shape index (κ2) is 28.3. The zero-order valence-corrected chi connectivity index (χ0v) is 9.40. The maximum Gasteiger partial charge on any atom is 0.0161 e. The number of nitrogens with one attached hydrogen (secondary N) is 1. The van der Waals surface area contributed by atoms with Crippen LogP contribution in [0.5, 0.6) is 0 Å². The SMILES string of the molecule is CNC.Cl.[SiH3]CBr. The van der Waals surface area contributed by atoms with Gasteiger partial charge >= 0.3 is 0 Å². The largest absolute Gasteiger partial charge is 0.323 e. The zero-order valence-electron chi connectivity index (χ0n) is 4.99. The number of hydrogen-bond acceptors (Lipinski definition) is 1. The summed E-state index contributed by atoms with van der Waals surface area (Å²) < 4.78 is 0. The predicted molar refractivity (Wildman–Crippen MR) is 46.0 cm³/mol. The third kappa shape index (κ3) is 190. The molecule has 0 saturated heterocycles. The molecule has 7 heavy (non-hydrogen) atoms. The molecule has 0 aliphatic rings. The van der Waals surface area contributed by atoms with E-state index in [1.54, 1.807) is 0 Å². The summed E-state index contributed by atoms with van der Waals surface area (Å²) in [7, 11) is 5.04. The van der Waals surface area contributed by atoms with E-state index in [0.717, 1.165) is 0 Å². The van der Waals surface area contributed by atoms with Crippen LogP contribution < -0.4 is 5.32 Å². The van der Waals surface area contributed by atoms with Crippen molar-refractivity contribution in [1.82, 2.24) is 5.32 Å². The lowest BCUT2D eigenvalue weighted by molar-refractivity contribution is 1.02. The highest BCUT2D eigenvalue weighted by Gasteiger charge is 1.39. The van der Waals surface area contributed by atoms with Gasteiger partial charge in [-0.3, -0.25) is 0 Å². The summed E-state index contributed by atoms with van der Waals surface area (Å²) in [5.41, 5.74) is 0. The van der Waals surface area contributed by atoms with E-state index in [4.69, 9.17) is 0 Å². The fraction of sp³-hybridized carbons (Fsp3) is 1.00. The summed E-state index contributed by atoms with van der Waals surface area (Å²) in [4.78, 5) is 1.20. The van der Waals surface area contributed by atoms with Gasteiger partial charge in [0, 0.05) is 10.2 Å². The van der Waals surface area contributed by atoms with Crippen LogP contribution >= 0.6 is 28.3 Å². The fourth-order valence-corrected chi connectivity index (χ4v) is 0. The van der Waals surface area contributed by atoms with Crippen molar-refractivity contribution in [1.29, 1.82) is 0 Å². The molecular weight excluding hydrogens is 193 g/mol. The molecule has 0 unspecified atom stereocenters. The molecule has 1 N–H and O–H groups in total. The first-order chi connectivity index (χ1) is 2.83. The molecule has 0 amide bonds. The van der Waals surface area contributed by atoms with E-state index in [2.05, 4.69) is 21.2 Å². The van der Waals surface area contributed by atoms with Crippen LogP contribution in [0.3, 0.4) is 0 Å². The molecule has 4 heteroatoms. The number of alkyl halides is 1. The van der Waals surface area contributed by atoms with Crippen LogP contribution in [0, 0.1) is 0 Å². The summed E-state index contributed by atoms with van der Waals surface area (Å²) in [6.07, 6.45) is 0. The monoisotopic (exact) mass is 205 g/mol. The molecular formula is C3H13BrClNSi. The highest BCUT2D eigenvalue weighted by molar-refractivity contribution is 9.09. The molecule has 0 aromatic heterocycles. The summed E-state index contributed by atoms with van der Waals surface area (Å²) in [6, 6.07) is 0. The minimum absolute atomic E-state index is 0. The molecule has 1 nitrogen and oxygen atoms in total. The quantitative estimate of drug-likeness (QED) is 0.433. The van der Waals surface area contributed by atoms with Gasteiger partial charge in [0.25, 0.3) is 0 Å². The van der Waals surface area contributed by atoms with Crippen LogP contribution in [0.2, 0.25) is 0 Å². The van der Waals surface area contributed by atoms with Crippen molar-refractivity contribution in [2.75, 3.05) is 19.0 Å². The van der Waals surface area contributed by atoms with Gasteiger partial charge in [-0.1, -0.05) is 15.9 Å². The van der Waals surface area contributed by atoms with Crippen molar-refractivity contribution >= 4 is 38.6 Å². The minimum Gasteiger partial charge on any atom is -0.323 e. The van der Waals surface area contributed by atoms with Crippen molar-refractivity contribution in [3.05, 3.63) is 0 Å². The molecule has 0 saturated carbocycles. The van der Waals surface area contributed by atoms with Gasteiger partial charge in [-0.05, 0) is 19.0 Å². The van der Waals surface area contributed by atoms with E-state index in [1.165, 1.54) is 15.2 Å². The molecule has 0 rings (SSSR count). The molecule has 0 atom stereocenters. The topological polar surface area (TPSA) is 12.0 Å². The molecule has 0 aromatic rings. The van der Waals surface area contributed by atoms with Crippen molar-refractivity contribution in [2.24, 2.45) is 0 Å². The maximum absolute atomic E-state index is 3.21. The predicted octanol–water partition coefficient (Wildman–Crippen LogP) is -0.0384. The van der Waals surface area contributed by atoms with Gasteiger partial charge < -0.3 is 5.32 Å². The van der Waals surface area contributed by atoms with Crippen LogP contribution in [-0.4, -0.2) is 29.3 Å². The molecule has 0 fully saturated rings. The lowest BCUT2D eigenvalue weighted by atomic mass is 11.3. The van der Waals surface area contributed by atoms with E-state index >= 15 is 0 Å². The van der Waals surface area contributed by atoms with Crippen LogP contribution in [0.25, 0.3) is 0 Å². The lowest BCUT2D eigenvalue weighted by Crippen LogP contribution is -1.89. The molecule has 0 aliphatic carbocycles. The van der Waals surface area contributed by atoms with Crippen molar-refractivity contribution in [3.63, 3.8) is 0 Å². The summed E-state index contributed by atoms with van der Waals surface area (Å²) in [6.45, 7) is 0. The van der Waals surface area contributed by atoms with Crippen LogP contribution in [-0.2, 0) is 0 Å². The second-order valence-electron chi connectivity index (χ2n) is 0.767. The molecule has 0 aromatic carbocycles. The van der Waals surface area contributed by atoms with Gasteiger partial charge in [-0.25, -0.2) is 0 Å². The molecule has 0 radical (unpaired) electrons. The minimum atomic E-state index is 0. The molecule has 48 valence electrons. The summed E-state index contributed by atoms with van der Waals surface area (Å²) >= 11 is 3.21. The lowest BCUT2D eigenvalue weighted by Gasteiger charge is -1.59. The van der Waals surface area contributed by atoms with Gasteiger partial charge in [0.1, 0.15) is 0 Å². The fourth-order valence-electron chi connectivity index (χ4n) is 0. The maximum atomic E-state index is 3.21. The first kappa shape index (κ1) is 15.7. The van der Waals surface area contributed by atoms with Gasteiger partial charge in [-0.15, -0.1) is 12.4 Å². The van der Waals surface area contributed by atoms with Crippen LogP contribution in [0.1, 0.15) is 0 Å². The zero-order chi connectivity index (χ0) is 5.41. The standard InChI is InChI=1S/C2H7N.CH5BrSi.ClH/c1-3-2;2-1-3;/h3H,1-2H3;1H2,3H3;1H. The summed E-state index contributed by atoms with van der Waals surface area (Å²) in [5.74, 6) is 0. The van der Waals surface area contributed by atoms with Crippen molar-refractivity contribution in [2.45, 2.75) is 0 Å². The highest BCUT2D eigenvalue weighted by atomic mass is 79.9. The Morgan fingerprint density at radius 3 is 1.57 bits per heavy atom. The Hall–Kier alpha value is 0.947. The Kier molecular flexibility index (Phi) is 63.3. The third-order valence-corrected chi connectivity index (χ3v) is 0. The normalized spacial score (nSPS) is 5.57. The Morgan fingerprint density at radius 1 is 1.57 bits per heavy atom.